The first kappa shape index (κ1) is 15.4. The number of carbonyl (C=O) groups excluding carboxylic acids is 1. The molecule has 0 bridgehead atoms. The molecule has 6 heteroatoms. The Morgan fingerprint density at radius 2 is 2.16 bits per heavy atom. The van der Waals surface area contributed by atoms with Crippen LogP contribution in [0.2, 0.25) is 0 Å². The van der Waals surface area contributed by atoms with Crippen LogP contribution in [0.5, 0.6) is 0 Å². The molecule has 1 rings (SSSR count). The van der Waals surface area contributed by atoms with Gasteiger partial charge in [-0.2, -0.15) is 0 Å². The minimum Gasteiger partial charge on any atom is -0.365 e. The monoisotopic (exact) mass is 265 g/mol. The third-order valence-electron chi connectivity index (χ3n) is 2.83. The van der Waals surface area contributed by atoms with Crippen molar-refractivity contribution < 1.29 is 4.79 Å². The van der Waals surface area contributed by atoms with Crippen molar-refractivity contribution in [1.29, 1.82) is 0 Å². The Hall–Kier alpha value is -1.69. The van der Waals surface area contributed by atoms with Crippen molar-refractivity contribution in [1.82, 2.24) is 15.1 Å². The number of hydrogen-bond acceptors (Lipinski definition) is 5. The molecule has 0 radical (unpaired) electrons. The van der Waals surface area contributed by atoms with Crippen molar-refractivity contribution in [2.45, 2.75) is 32.2 Å². The first-order chi connectivity index (χ1) is 9.08. The molecule has 1 heterocycles. The van der Waals surface area contributed by atoms with E-state index in [9.17, 15) is 4.79 Å². The lowest BCUT2D eigenvalue weighted by molar-refractivity contribution is 0.0821. The van der Waals surface area contributed by atoms with Crippen LogP contribution in [0.15, 0.2) is 12.1 Å². The van der Waals surface area contributed by atoms with Crippen molar-refractivity contribution in [2.24, 2.45) is 5.73 Å². The van der Waals surface area contributed by atoms with Gasteiger partial charge in [0.2, 0.25) is 0 Å². The highest BCUT2D eigenvalue weighted by atomic mass is 16.2. The van der Waals surface area contributed by atoms with Crippen LogP contribution in [0.1, 0.15) is 36.7 Å². The molecule has 19 heavy (non-hydrogen) atoms. The van der Waals surface area contributed by atoms with Gasteiger partial charge in [-0.3, -0.25) is 4.79 Å². The third kappa shape index (κ3) is 4.82. The summed E-state index contributed by atoms with van der Waals surface area (Å²) in [5.74, 6) is 0.502. The van der Waals surface area contributed by atoms with E-state index in [1.165, 1.54) is 4.90 Å². The van der Waals surface area contributed by atoms with Crippen LogP contribution in [-0.4, -0.2) is 47.7 Å². The molecule has 106 valence electrons. The third-order valence-corrected chi connectivity index (χ3v) is 2.83. The maximum atomic E-state index is 11.7. The van der Waals surface area contributed by atoms with Crippen molar-refractivity contribution >= 4 is 11.7 Å². The normalized spacial score (nSPS) is 12.0. The minimum atomic E-state index is -0.152. The second-order valence-electron chi connectivity index (χ2n) is 4.72. The number of nitrogens with one attached hydrogen (secondary N) is 1. The molecule has 0 fully saturated rings. The number of nitrogens with zero attached hydrogens (tertiary/aromatic N) is 3. The molecular formula is C13H23N5O. The molecule has 1 aromatic rings. The highest BCUT2D eigenvalue weighted by Crippen LogP contribution is 2.08. The van der Waals surface area contributed by atoms with Crippen molar-refractivity contribution in [3.8, 4) is 0 Å². The van der Waals surface area contributed by atoms with Gasteiger partial charge in [0.05, 0.1) is 0 Å². The minimum absolute atomic E-state index is 0.152. The van der Waals surface area contributed by atoms with E-state index in [2.05, 4.69) is 22.4 Å². The first-order valence-electron chi connectivity index (χ1n) is 6.60. The largest absolute Gasteiger partial charge is 0.365 e. The molecule has 0 aromatic carbocycles. The van der Waals surface area contributed by atoms with Crippen LogP contribution in [0.3, 0.4) is 0 Å². The average Bonchev–Trinajstić information content (AvgIpc) is 2.43. The Bertz CT molecular complexity index is 391. The summed E-state index contributed by atoms with van der Waals surface area (Å²) in [5, 5.41) is 11.2. The number of aromatic nitrogens is 2. The number of hydrogen-bond donors (Lipinski definition) is 2. The summed E-state index contributed by atoms with van der Waals surface area (Å²) < 4.78 is 0. The Balaban J connectivity index is 2.63. The highest BCUT2D eigenvalue weighted by Gasteiger charge is 2.11. The molecule has 0 aliphatic carbocycles. The van der Waals surface area contributed by atoms with Gasteiger partial charge in [-0.15, -0.1) is 10.2 Å². The average molecular weight is 265 g/mol. The van der Waals surface area contributed by atoms with E-state index >= 15 is 0 Å². The molecule has 6 nitrogen and oxygen atoms in total. The van der Waals surface area contributed by atoms with Crippen LogP contribution < -0.4 is 11.1 Å². The predicted octanol–water partition coefficient (Wildman–Crippen LogP) is 1.11. The fourth-order valence-electron chi connectivity index (χ4n) is 1.66. The van der Waals surface area contributed by atoms with E-state index in [-0.39, 0.29) is 11.9 Å². The quantitative estimate of drug-likeness (QED) is 0.771. The molecule has 1 atom stereocenters. The second-order valence-corrected chi connectivity index (χ2v) is 4.72. The molecule has 1 unspecified atom stereocenters. The summed E-state index contributed by atoms with van der Waals surface area (Å²) in [4.78, 5) is 13.1. The summed E-state index contributed by atoms with van der Waals surface area (Å²) in [6.45, 7) is 2.70. The predicted molar refractivity (Wildman–Crippen MR) is 76.0 cm³/mol. The molecule has 1 amide bonds. The van der Waals surface area contributed by atoms with Crippen LogP contribution in [-0.2, 0) is 0 Å². The number of nitrogens with two attached hydrogens (primary N) is 1. The van der Waals surface area contributed by atoms with Crippen molar-refractivity contribution in [2.75, 3.05) is 26.0 Å². The number of unbranched alkanes of at least 4 members (excludes halogenated alkanes) is 1. The lowest BCUT2D eigenvalue weighted by Gasteiger charge is -2.16. The van der Waals surface area contributed by atoms with Crippen LogP contribution >= 0.6 is 0 Å². The number of carbonyl (C=O) groups is 1. The Kier molecular flexibility index (Phi) is 6.21. The van der Waals surface area contributed by atoms with Crippen LogP contribution in [0, 0.1) is 0 Å². The second kappa shape index (κ2) is 7.68. The topological polar surface area (TPSA) is 84.1 Å². The zero-order valence-corrected chi connectivity index (χ0v) is 11.9. The Morgan fingerprint density at radius 1 is 1.42 bits per heavy atom. The zero-order chi connectivity index (χ0) is 14.3. The molecular weight excluding hydrogens is 242 g/mol. The van der Waals surface area contributed by atoms with E-state index in [0.29, 0.717) is 18.1 Å². The van der Waals surface area contributed by atoms with Gasteiger partial charge in [0.15, 0.2) is 5.69 Å². The van der Waals surface area contributed by atoms with Gasteiger partial charge in [-0.1, -0.05) is 19.8 Å². The molecule has 1 aromatic heterocycles. The van der Waals surface area contributed by atoms with Gasteiger partial charge in [-0.25, -0.2) is 0 Å². The lowest BCUT2D eigenvalue weighted by Crippen LogP contribution is -2.29. The van der Waals surface area contributed by atoms with E-state index in [1.54, 1.807) is 26.2 Å². The van der Waals surface area contributed by atoms with Gasteiger partial charge < -0.3 is 16.0 Å². The van der Waals surface area contributed by atoms with Gasteiger partial charge in [0, 0.05) is 26.7 Å². The summed E-state index contributed by atoms with van der Waals surface area (Å²) >= 11 is 0. The van der Waals surface area contributed by atoms with Crippen LogP contribution in [0.25, 0.3) is 0 Å². The molecule has 0 saturated carbocycles. The Morgan fingerprint density at radius 3 is 2.63 bits per heavy atom. The smallest absolute Gasteiger partial charge is 0.273 e. The zero-order valence-electron chi connectivity index (χ0n) is 11.9. The fourth-order valence-corrected chi connectivity index (χ4v) is 1.66. The van der Waals surface area contributed by atoms with E-state index < -0.39 is 0 Å². The maximum Gasteiger partial charge on any atom is 0.273 e. The number of amides is 1. The molecule has 0 aliphatic heterocycles. The fraction of sp³-hybridized carbons (Fsp3) is 0.615. The molecule has 0 aliphatic rings. The standard InChI is InChI=1S/C13H23N5O/c1-4-5-6-10(9-14)15-12-8-7-11(16-17-12)13(19)18(2)3/h7-8,10H,4-6,9,14H2,1-3H3,(H,15,17). The van der Waals surface area contributed by atoms with Crippen LogP contribution in [0.4, 0.5) is 5.82 Å². The first-order valence-corrected chi connectivity index (χ1v) is 6.60. The summed E-state index contributed by atoms with van der Waals surface area (Å²) in [5.41, 5.74) is 6.05. The van der Waals surface area contributed by atoms with E-state index in [1.807, 2.05) is 0 Å². The van der Waals surface area contributed by atoms with E-state index in [4.69, 9.17) is 5.73 Å². The SMILES string of the molecule is CCCCC(CN)Nc1ccc(C(=O)N(C)C)nn1. The molecule has 0 saturated heterocycles. The lowest BCUT2D eigenvalue weighted by atomic mass is 10.1. The van der Waals surface area contributed by atoms with Crippen molar-refractivity contribution in [3.05, 3.63) is 17.8 Å². The van der Waals surface area contributed by atoms with Gasteiger partial charge in [0.1, 0.15) is 5.82 Å². The number of rotatable bonds is 7. The van der Waals surface area contributed by atoms with Gasteiger partial charge in [0.25, 0.3) is 5.91 Å². The molecule has 0 spiro atoms. The maximum absolute atomic E-state index is 11.7. The van der Waals surface area contributed by atoms with E-state index in [0.717, 1.165) is 19.3 Å². The Labute approximate surface area is 114 Å². The van der Waals surface area contributed by atoms with Gasteiger partial charge in [-0.05, 0) is 18.6 Å². The molecule has 3 N–H and O–H groups in total. The number of anilines is 1. The summed E-state index contributed by atoms with van der Waals surface area (Å²) in [6, 6.07) is 3.63. The summed E-state index contributed by atoms with van der Waals surface area (Å²) in [6.07, 6.45) is 3.27. The highest BCUT2D eigenvalue weighted by molar-refractivity contribution is 5.91. The summed E-state index contributed by atoms with van der Waals surface area (Å²) in [7, 11) is 3.37. The van der Waals surface area contributed by atoms with Gasteiger partial charge >= 0.3 is 0 Å². The van der Waals surface area contributed by atoms with Crippen molar-refractivity contribution in [3.63, 3.8) is 0 Å².